The third-order valence-electron chi connectivity index (χ3n) is 2.82. The van der Waals surface area contributed by atoms with Crippen molar-refractivity contribution in [2.24, 2.45) is 0 Å². The molecule has 0 bridgehead atoms. The van der Waals surface area contributed by atoms with Crippen molar-refractivity contribution in [3.8, 4) is 11.4 Å². The van der Waals surface area contributed by atoms with Gasteiger partial charge in [0.05, 0.1) is 6.20 Å². The van der Waals surface area contributed by atoms with E-state index in [4.69, 9.17) is 11.6 Å². The lowest BCUT2D eigenvalue weighted by molar-refractivity contribution is 0.636. The maximum atomic E-state index is 5.88. The number of anilines is 1. The van der Waals surface area contributed by atoms with Crippen molar-refractivity contribution in [2.75, 3.05) is 11.9 Å². The van der Waals surface area contributed by atoms with Gasteiger partial charge in [0.1, 0.15) is 11.6 Å². The van der Waals surface area contributed by atoms with Gasteiger partial charge in [-0.25, -0.2) is 4.98 Å². The summed E-state index contributed by atoms with van der Waals surface area (Å²) in [5.41, 5.74) is 1.11. The van der Waals surface area contributed by atoms with Gasteiger partial charge in [0.2, 0.25) is 0 Å². The number of aromatic nitrogens is 2. The van der Waals surface area contributed by atoms with Crippen molar-refractivity contribution < 1.29 is 0 Å². The van der Waals surface area contributed by atoms with Gasteiger partial charge in [0.15, 0.2) is 0 Å². The number of fused-ring (bicyclic) bond motifs is 1. The van der Waals surface area contributed by atoms with Gasteiger partial charge in [-0.05, 0) is 30.7 Å². The van der Waals surface area contributed by atoms with Crippen LogP contribution in [0.2, 0.25) is 5.02 Å². The Morgan fingerprint density at radius 3 is 2.88 bits per heavy atom. The van der Waals surface area contributed by atoms with E-state index < -0.39 is 0 Å². The van der Waals surface area contributed by atoms with Crippen LogP contribution in [-0.2, 0) is 6.54 Å². The summed E-state index contributed by atoms with van der Waals surface area (Å²) in [5.74, 6) is 2.12. The first-order valence-electron chi connectivity index (χ1n) is 5.40. The van der Waals surface area contributed by atoms with Crippen LogP contribution < -0.4 is 5.32 Å². The highest BCUT2D eigenvalue weighted by Crippen LogP contribution is 2.25. The number of benzene rings is 1. The van der Waals surface area contributed by atoms with Crippen LogP contribution in [0.3, 0.4) is 0 Å². The molecule has 3 nitrogen and oxygen atoms in total. The highest BCUT2D eigenvalue weighted by molar-refractivity contribution is 6.30. The van der Waals surface area contributed by atoms with Crippen molar-refractivity contribution in [3.63, 3.8) is 0 Å². The van der Waals surface area contributed by atoms with Crippen LogP contribution in [0.5, 0.6) is 0 Å². The van der Waals surface area contributed by atoms with Crippen molar-refractivity contribution >= 4 is 17.4 Å². The van der Waals surface area contributed by atoms with Gasteiger partial charge in [0, 0.05) is 23.7 Å². The molecule has 2 aromatic rings. The summed E-state index contributed by atoms with van der Waals surface area (Å²) in [6.07, 6.45) is 3.03. The molecule has 16 heavy (non-hydrogen) atoms. The number of hydrogen-bond donors (Lipinski definition) is 1. The van der Waals surface area contributed by atoms with Gasteiger partial charge >= 0.3 is 0 Å². The van der Waals surface area contributed by atoms with Crippen LogP contribution in [0.4, 0.5) is 5.82 Å². The minimum absolute atomic E-state index is 0.757. The maximum absolute atomic E-state index is 5.88. The molecule has 0 atom stereocenters. The van der Waals surface area contributed by atoms with Gasteiger partial charge < -0.3 is 9.88 Å². The fourth-order valence-electron chi connectivity index (χ4n) is 2.03. The van der Waals surface area contributed by atoms with E-state index in [2.05, 4.69) is 14.9 Å². The minimum Gasteiger partial charge on any atom is -0.370 e. The van der Waals surface area contributed by atoms with E-state index in [1.54, 1.807) is 0 Å². The molecule has 0 saturated heterocycles. The summed E-state index contributed by atoms with van der Waals surface area (Å²) in [4.78, 5) is 4.46. The zero-order chi connectivity index (χ0) is 11.0. The van der Waals surface area contributed by atoms with Crippen LogP contribution in [-0.4, -0.2) is 16.1 Å². The maximum Gasteiger partial charge on any atom is 0.141 e. The smallest absolute Gasteiger partial charge is 0.141 e. The molecule has 0 aliphatic carbocycles. The molecule has 1 aromatic carbocycles. The molecule has 2 heterocycles. The second-order valence-corrected chi connectivity index (χ2v) is 4.34. The van der Waals surface area contributed by atoms with Crippen molar-refractivity contribution in [3.05, 3.63) is 35.5 Å². The third kappa shape index (κ3) is 1.57. The first-order valence-corrected chi connectivity index (χ1v) is 5.78. The number of nitrogens with zero attached hydrogens (tertiary/aromatic N) is 2. The van der Waals surface area contributed by atoms with Crippen molar-refractivity contribution in [1.29, 1.82) is 0 Å². The Hall–Kier alpha value is -1.48. The molecular weight excluding hydrogens is 222 g/mol. The molecule has 0 fully saturated rings. The van der Waals surface area contributed by atoms with E-state index in [0.717, 1.165) is 41.7 Å². The van der Waals surface area contributed by atoms with Gasteiger partial charge in [0.25, 0.3) is 0 Å². The fourth-order valence-corrected chi connectivity index (χ4v) is 2.15. The quantitative estimate of drug-likeness (QED) is 0.821. The largest absolute Gasteiger partial charge is 0.370 e. The van der Waals surface area contributed by atoms with Gasteiger partial charge in [-0.2, -0.15) is 0 Å². The Bertz CT molecular complexity index is 501. The monoisotopic (exact) mass is 233 g/mol. The molecule has 1 aliphatic heterocycles. The molecule has 1 aliphatic rings. The number of nitrogens with one attached hydrogen (secondary N) is 1. The molecule has 0 amide bonds. The molecule has 1 aromatic heterocycles. The topological polar surface area (TPSA) is 29.9 Å². The highest BCUT2D eigenvalue weighted by atomic mass is 35.5. The molecule has 1 N–H and O–H groups in total. The number of imidazole rings is 1. The van der Waals surface area contributed by atoms with Crippen LogP contribution in [0.15, 0.2) is 30.5 Å². The van der Waals surface area contributed by atoms with E-state index in [9.17, 15) is 0 Å². The first-order chi connectivity index (χ1) is 7.84. The predicted octanol–water partition coefficient (Wildman–Crippen LogP) is 3.02. The second kappa shape index (κ2) is 3.83. The first kappa shape index (κ1) is 9.73. The highest BCUT2D eigenvalue weighted by Gasteiger charge is 2.14. The molecule has 0 unspecified atom stereocenters. The van der Waals surface area contributed by atoms with Gasteiger partial charge in [-0.15, -0.1) is 0 Å². The van der Waals surface area contributed by atoms with Crippen molar-refractivity contribution in [1.82, 2.24) is 9.55 Å². The van der Waals surface area contributed by atoms with Crippen molar-refractivity contribution in [2.45, 2.75) is 13.0 Å². The molecule has 3 rings (SSSR count). The minimum atomic E-state index is 0.757. The van der Waals surface area contributed by atoms with Crippen LogP contribution in [0, 0.1) is 0 Å². The third-order valence-corrected chi connectivity index (χ3v) is 3.07. The molecule has 4 heteroatoms. The molecule has 0 saturated carbocycles. The summed E-state index contributed by atoms with van der Waals surface area (Å²) in [6, 6.07) is 7.81. The van der Waals surface area contributed by atoms with E-state index in [1.807, 2.05) is 30.5 Å². The summed E-state index contributed by atoms with van der Waals surface area (Å²) in [7, 11) is 0. The van der Waals surface area contributed by atoms with E-state index in [-0.39, 0.29) is 0 Å². The number of rotatable bonds is 1. The molecule has 0 radical (unpaired) electrons. The number of halogens is 1. The van der Waals surface area contributed by atoms with Crippen LogP contribution in [0.1, 0.15) is 6.42 Å². The Morgan fingerprint density at radius 1 is 1.25 bits per heavy atom. The Kier molecular flexibility index (Phi) is 2.33. The average molecular weight is 234 g/mol. The standard InChI is InChI=1S/C12H12ClN3/c13-10-4-2-9(3-5-10)12-15-8-11-14-6-1-7-16(11)12/h2-5,8,14H,1,6-7H2. The van der Waals surface area contributed by atoms with E-state index in [1.165, 1.54) is 0 Å². The zero-order valence-corrected chi connectivity index (χ0v) is 9.54. The normalized spacial score (nSPS) is 14.3. The summed E-state index contributed by atoms with van der Waals surface area (Å²) in [5, 5.41) is 4.10. The van der Waals surface area contributed by atoms with E-state index >= 15 is 0 Å². The SMILES string of the molecule is Clc1ccc(-c2ncc3n2CCCN3)cc1. The Labute approximate surface area is 99.1 Å². The summed E-state index contributed by atoms with van der Waals surface area (Å²) < 4.78 is 2.22. The Morgan fingerprint density at radius 2 is 2.06 bits per heavy atom. The molecule has 82 valence electrons. The van der Waals surface area contributed by atoms with Gasteiger partial charge in [-0.3, -0.25) is 0 Å². The van der Waals surface area contributed by atoms with E-state index in [0.29, 0.717) is 0 Å². The second-order valence-electron chi connectivity index (χ2n) is 3.91. The fraction of sp³-hybridized carbons (Fsp3) is 0.250. The molecule has 0 spiro atoms. The van der Waals surface area contributed by atoms with Gasteiger partial charge in [-0.1, -0.05) is 11.6 Å². The predicted molar refractivity (Wildman–Crippen MR) is 65.8 cm³/mol. The average Bonchev–Trinajstić information content (AvgIpc) is 2.74. The molecular formula is C12H12ClN3. The number of hydrogen-bond acceptors (Lipinski definition) is 2. The summed E-state index contributed by atoms with van der Waals surface area (Å²) >= 11 is 5.88. The lowest BCUT2D eigenvalue weighted by Crippen LogP contribution is -2.17. The summed E-state index contributed by atoms with van der Waals surface area (Å²) in [6.45, 7) is 2.06. The lowest BCUT2D eigenvalue weighted by Gasteiger charge is -2.18. The van der Waals surface area contributed by atoms with Crippen LogP contribution >= 0.6 is 11.6 Å². The lowest BCUT2D eigenvalue weighted by atomic mass is 10.2. The zero-order valence-electron chi connectivity index (χ0n) is 8.78. The van der Waals surface area contributed by atoms with Crippen LogP contribution in [0.25, 0.3) is 11.4 Å². The Balaban J connectivity index is 2.06.